The molecule has 1 aromatic heterocycles. The minimum Gasteiger partial charge on any atom is -0.379 e. The topological polar surface area (TPSA) is 119 Å². The van der Waals surface area contributed by atoms with Gasteiger partial charge in [-0.1, -0.05) is 49.0 Å². The number of pyridine rings is 1. The van der Waals surface area contributed by atoms with Crippen molar-refractivity contribution in [3.63, 3.8) is 0 Å². The predicted octanol–water partition coefficient (Wildman–Crippen LogP) is 3.01. The standard InChI is InChI=1S/C26H30N6O2S/c1-2-20-21(16-27)25(32-10-8-19(9-11-32)31-12-14-34-15-13-31)30-26(22(20)17-28)35-23(24(29)33)18-6-4-3-5-7-18/h3-7,19,23H,2,8-15H2,1H3,(H2,29,33). The van der Waals surface area contributed by atoms with Gasteiger partial charge >= 0.3 is 0 Å². The summed E-state index contributed by atoms with van der Waals surface area (Å²) >= 11 is 1.18. The lowest BCUT2D eigenvalue weighted by Crippen LogP contribution is -2.49. The first-order valence-electron chi connectivity index (χ1n) is 12.0. The number of aromatic nitrogens is 1. The zero-order chi connectivity index (χ0) is 24.8. The second-order valence-corrected chi connectivity index (χ2v) is 9.82. The number of anilines is 1. The highest BCUT2D eigenvalue weighted by atomic mass is 32.2. The number of primary amides is 1. The van der Waals surface area contributed by atoms with Crippen LogP contribution in [0.1, 0.15) is 47.3 Å². The first kappa shape index (κ1) is 25.0. The van der Waals surface area contributed by atoms with E-state index in [-0.39, 0.29) is 0 Å². The van der Waals surface area contributed by atoms with E-state index in [4.69, 9.17) is 15.5 Å². The Bertz CT molecular complexity index is 1130. The van der Waals surface area contributed by atoms with Gasteiger partial charge in [0.15, 0.2) is 0 Å². The maximum atomic E-state index is 12.4. The lowest BCUT2D eigenvalue weighted by Gasteiger charge is -2.40. The normalized spacial score (nSPS) is 18.0. The first-order chi connectivity index (χ1) is 17.1. The van der Waals surface area contributed by atoms with E-state index in [0.717, 1.165) is 57.8 Å². The van der Waals surface area contributed by atoms with E-state index in [1.165, 1.54) is 11.8 Å². The van der Waals surface area contributed by atoms with Crippen LogP contribution < -0.4 is 10.6 Å². The highest BCUT2D eigenvalue weighted by Gasteiger charge is 2.31. The van der Waals surface area contributed by atoms with Gasteiger partial charge in [-0.15, -0.1) is 0 Å². The van der Waals surface area contributed by atoms with Gasteiger partial charge in [-0.2, -0.15) is 10.5 Å². The summed E-state index contributed by atoms with van der Waals surface area (Å²) in [6.07, 6.45) is 2.47. The Morgan fingerprint density at radius 3 is 2.37 bits per heavy atom. The molecule has 35 heavy (non-hydrogen) atoms. The molecule has 0 spiro atoms. The monoisotopic (exact) mass is 490 g/mol. The predicted molar refractivity (Wildman–Crippen MR) is 135 cm³/mol. The van der Waals surface area contributed by atoms with Crippen LogP contribution in [0, 0.1) is 22.7 Å². The molecule has 2 aliphatic heterocycles. The molecule has 1 atom stereocenters. The summed E-state index contributed by atoms with van der Waals surface area (Å²) < 4.78 is 5.49. The van der Waals surface area contributed by atoms with Gasteiger partial charge in [0.05, 0.1) is 24.3 Å². The number of hydrogen-bond donors (Lipinski definition) is 1. The molecule has 9 heteroatoms. The third-order valence-electron chi connectivity index (χ3n) is 6.74. The molecule has 2 saturated heterocycles. The smallest absolute Gasteiger partial charge is 0.235 e. The summed E-state index contributed by atoms with van der Waals surface area (Å²) in [6, 6.07) is 14.3. The van der Waals surface area contributed by atoms with Crippen LogP contribution in [0.15, 0.2) is 35.4 Å². The summed E-state index contributed by atoms with van der Waals surface area (Å²) in [5, 5.41) is 19.8. The molecule has 0 radical (unpaired) electrons. The summed E-state index contributed by atoms with van der Waals surface area (Å²) in [4.78, 5) is 21.9. The molecule has 4 rings (SSSR count). The fourth-order valence-electron chi connectivity index (χ4n) is 4.91. The van der Waals surface area contributed by atoms with E-state index in [1.54, 1.807) is 0 Å². The van der Waals surface area contributed by atoms with Crippen LogP contribution >= 0.6 is 11.8 Å². The number of amides is 1. The van der Waals surface area contributed by atoms with Gasteiger partial charge in [0, 0.05) is 32.2 Å². The Kier molecular flexibility index (Phi) is 8.25. The molecule has 0 saturated carbocycles. The van der Waals surface area contributed by atoms with E-state index in [2.05, 4.69) is 21.9 Å². The van der Waals surface area contributed by atoms with Gasteiger partial charge in [-0.3, -0.25) is 9.69 Å². The van der Waals surface area contributed by atoms with Crippen molar-refractivity contribution in [2.24, 2.45) is 5.73 Å². The van der Waals surface area contributed by atoms with E-state index in [9.17, 15) is 15.3 Å². The number of nitrogens with zero attached hydrogens (tertiary/aromatic N) is 5. The Morgan fingerprint density at radius 1 is 1.14 bits per heavy atom. The molecule has 0 bridgehead atoms. The van der Waals surface area contributed by atoms with Crippen molar-refractivity contribution in [2.75, 3.05) is 44.3 Å². The number of nitrogens with two attached hydrogens (primary N) is 1. The summed E-state index contributed by atoms with van der Waals surface area (Å²) in [7, 11) is 0. The molecule has 1 unspecified atom stereocenters. The van der Waals surface area contributed by atoms with E-state index in [1.807, 2.05) is 37.3 Å². The minimum absolute atomic E-state index is 0.350. The number of rotatable bonds is 7. The van der Waals surface area contributed by atoms with Crippen LogP contribution in [0.3, 0.4) is 0 Å². The van der Waals surface area contributed by atoms with Crippen LogP contribution in [0.25, 0.3) is 0 Å². The lowest BCUT2D eigenvalue weighted by molar-refractivity contribution is -0.117. The lowest BCUT2D eigenvalue weighted by atomic mass is 9.99. The molecule has 2 N–H and O–H groups in total. The van der Waals surface area contributed by atoms with Gasteiger partial charge in [-0.05, 0) is 30.4 Å². The number of carbonyl (C=O) groups excluding carboxylic acids is 1. The van der Waals surface area contributed by atoms with Crippen molar-refractivity contribution >= 4 is 23.5 Å². The Balaban J connectivity index is 1.66. The number of nitriles is 2. The Morgan fingerprint density at radius 2 is 1.80 bits per heavy atom. The largest absolute Gasteiger partial charge is 0.379 e. The summed E-state index contributed by atoms with van der Waals surface area (Å²) in [5.74, 6) is 0.102. The molecule has 3 heterocycles. The molecule has 2 fully saturated rings. The number of carbonyl (C=O) groups is 1. The van der Waals surface area contributed by atoms with Gasteiger partial charge in [0.25, 0.3) is 0 Å². The van der Waals surface area contributed by atoms with Crippen molar-refractivity contribution in [2.45, 2.75) is 42.5 Å². The third kappa shape index (κ3) is 5.43. The molecule has 8 nitrogen and oxygen atoms in total. The van der Waals surface area contributed by atoms with Gasteiger partial charge in [0.2, 0.25) is 5.91 Å². The summed E-state index contributed by atoms with van der Waals surface area (Å²) in [6.45, 7) is 6.96. The van der Waals surface area contributed by atoms with E-state index >= 15 is 0 Å². The van der Waals surface area contributed by atoms with Crippen LogP contribution in [0.2, 0.25) is 0 Å². The molecular weight excluding hydrogens is 460 g/mol. The van der Waals surface area contributed by atoms with E-state index < -0.39 is 11.2 Å². The zero-order valence-corrected chi connectivity index (χ0v) is 20.8. The number of ether oxygens (including phenoxy) is 1. The van der Waals surface area contributed by atoms with Crippen LogP contribution in [0.4, 0.5) is 5.82 Å². The quantitative estimate of drug-likeness (QED) is 0.588. The Hall–Kier alpha value is -3.11. The molecule has 2 aliphatic rings. The van der Waals surface area contributed by atoms with Crippen LogP contribution in [-0.4, -0.2) is 61.2 Å². The second-order valence-electron chi connectivity index (χ2n) is 8.72. The van der Waals surface area contributed by atoms with Gasteiger partial charge in [-0.25, -0.2) is 4.98 Å². The first-order valence-corrected chi connectivity index (χ1v) is 12.9. The zero-order valence-electron chi connectivity index (χ0n) is 19.9. The average Bonchev–Trinajstić information content (AvgIpc) is 2.91. The van der Waals surface area contributed by atoms with Crippen LogP contribution in [0.5, 0.6) is 0 Å². The molecule has 1 amide bonds. The number of hydrogen-bond acceptors (Lipinski definition) is 8. The van der Waals surface area contributed by atoms with Crippen molar-refractivity contribution in [3.05, 3.63) is 52.6 Å². The van der Waals surface area contributed by atoms with Crippen molar-refractivity contribution in [3.8, 4) is 12.1 Å². The van der Waals surface area contributed by atoms with Crippen molar-refractivity contribution in [1.82, 2.24) is 9.88 Å². The molecule has 0 aliphatic carbocycles. The number of thioether (sulfide) groups is 1. The summed E-state index contributed by atoms with van der Waals surface area (Å²) in [5.41, 5.74) is 7.99. The molecule has 2 aromatic rings. The van der Waals surface area contributed by atoms with E-state index in [0.29, 0.717) is 40.0 Å². The minimum atomic E-state index is -0.687. The fraction of sp³-hybridized carbons (Fsp3) is 0.462. The van der Waals surface area contributed by atoms with Gasteiger partial charge in [0.1, 0.15) is 28.2 Å². The molecule has 1 aromatic carbocycles. The highest BCUT2D eigenvalue weighted by molar-refractivity contribution is 8.00. The SMILES string of the molecule is CCc1c(C#N)c(SC(C(N)=O)c2ccccc2)nc(N2CCC(N3CCOCC3)CC2)c1C#N. The maximum absolute atomic E-state index is 12.4. The highest BCUT2D eigenvalue weighted by Crippen LogP contribution is 2.40. The maximum Gasteiger partial charge on any atom is 0.235 e. The average molecular weight is 491 g/mol. The number of benzene rings is 1. The fourth-order valence-corrected chi connectivity index (χ4v) is 5.97. The molecule has 182 valence electrons. The second kappa shape index (κ2) is 11.5. The number of piperidine rings is 1. The van der Waals surface area contributed by atoms with Crippen molar-refractivity contribution < 1.29 is 9.53 Å². The Labute approximate surface area is 210 Å². The van der Waals surface area contributed by atoms with Crippen molar-refractivity contribution in [1.29, 1.82) is 10.5 Å². The van der Waals surface area contributed by atoms with Gasteiger partial charge < -0.3 is 15.4 Å². The number of morpholine rings is 1. The van der Waals surface area contributed by atoms with Crippen LogP contribution in [-0.2, 0) is 16.0 Å². The third-order valence-corrected chi connectivity index (χ3v) is 8.00. The molecular formula is C26H30N6O2S.